The molecule has 0 heterocycles. The van der Waals surface area contributed by atoms with Gasteiger partial charge in [-0.1, -0.05) is 124 Å². The zero-order chi connectivity index (χ0) is 30.8. The summed E-state index contributed by atoms with van der Waals surface area (Å²) in [6.07, 6.45) is 48.7. The van der Waals surface area contributed by atoms with Gasteiger partial charge in [0.15, 0.2) is 0 Å². The van der Waals surface area contributed by atoms with Crippen LogP contribution in [-0.4, -0.2) is 23.1 Å². The molecule has 0 bridgehead atoms. The molecule has 0 aliphatic heterocycles. The Balaban J connectivity index is 4.17. The highest BCUT2D eigenvalue weighted by Crippen LogP contribution is 2.13. The molecule has 1 N–H and O–H groups in total. The fourth-order valence-corrected chi connectivity index (χ4v) is 3.93. The van der Waals surface area contributed by atoms with E-state index in [4.69, 9.17) is 9.84 Å². The standard InChI is InChI=1S/C38H58O4/c1-3-5-7-9-11-12-13-14-15-16-17-18-19-20-21-22-23-25-31-35-38(41)42-36(32-28-24-10-8-6-4-2)33-29-26-27-30-34-37(39)40/h5,7-8,10-12,14-15,17-18,20-21,23,25,28,32,36H,3-4,6,9,13,16,19,22,24,26-27,29-31,33-35H2,1-2H3,(H,39,40)/b7-5-,10-8-,12-11-,15-14-,18-17-,21-20-,25-23-,32-28-. The van der Waals surface area contributed by atoms with Crippen LogP contribution in [0.5, 0.6) is 0 Å². The van der Waals surface area contributed by atoms with Crippen LogP contribution in [0.25, 0.3) is 0 Å². The Hall–Kier alpha value is -3.14. The summed E-state index contributed by atoms with van der Waals surface area (Å²) in [6.45, 7) is 4.31. The SMILES string of the molecule is CC/C=C\C/C=C\C/C=C\C/C=C\C/C=C\C/C=C\CCC(=O)OC(/C=C\C/C=C\CCC)CCCCCCC(=O)O. The minimum atomic E-state index is -0.743. The Labute approximate surface area is 257 Å². The van der Waals surface area contributed by atoms with Crippen LogP contribution in [0, 0.1) is 0 Å². The average molecular weight is 579 g/mol. The number of rotatable bonds is 27. The topological polar surface area (TPSA) is 63.6 Å². The molecule has 0 saturated carbocycles. The highest BCUT2D eigenvalue weighted by molar-refractivity contribution is 5.69. The van der Waals surface area contributed by atoms with Crippen LogP contribution in [0.3, 0.4) is 0 Å². The summed E-state index contributed by atoms with van der Waals surface area (Å²) >= 11 is 0. The van der Waals surface area contributed by atoms with E-state index >= 15 is 0 Å². The van der Waals surface area contributed by atoms with Crippen molar-refractivity contribution in [2.24, 2.45) is 0 Å². The van der Waals surface area contributed by atoms with E-state index in [1.807, 2.05) is 12.2 Å². The summed E-state index contributed by atoms with van der Waals surface area (Å²) in [5.41, 5.74) is 0. The first-order valence-electron chi connectivity index (χ1n) is 16.2. The lowest BCUT2D eigenvalue weighted by Crippen LogP contribution is -2.16. The van der Waals surface area contributed by atoms with E-state index < -0.39 is 5.97 Å². The molecule has 1 atom stereocenters. The maximum atomic E-state index is 12.4. The number of carboxylic acid groups (broad SMARTS) is 1. The lowest BCUT2D eigenvalue weighted by molar-refractivity contribution is -0.147. The van der Waals surface area contributed by atoms with Crippen molar-refractivity contribution in [1.82, 2.24) is 0 Å². The van der Waals surface area contributed by atoms with Crippen molar-refractivity contribution < 1.29 is 19.4 Å². The molecule has 0 spiro atoms. The number of esters is 1. The fourth-order valence-electron chi connectivity index (χ4n) is 3.93. The van der Waals surface area contributed by atoms with Crippen LogP contribution in [0.1, 0.15) is 123 Å². The summed E-state index contributed by atoms with van der Waals surface area (Å²) in [7, 11) is 0. The first-order valence-corrected chi connectivity index (χ1v) is 16.2. The van der Waals surface area contributed by atoms with Gasteiger partial charge >= 0.3 is 11.9 Å². The van der Waals surface area contributed by atoms with E-state index in [9.17, 15) is 9.59 Å². The van der Waals surface area contributed by atoms with E-state index in [1.54, 1.807) is 0 Å². The van der Waals surface area contributed by atoms with Crippen LogP contribution in [0.15, 0.2) is 97.2 Å². The number of carbonyl (C=O) groups excluding carboxylic acids is 1. The zero-order valence-corrected chi connectivity index (χ0v) is 26.5. The van der Waals surface area contributed by atoms with Crippen molar-refractivity contribution in [1.29, 1.82) is 0 Å². The maximum Gasteiger partial charge on any atom is 0.306 e. The molecule has 1 unspecified atom stereocenters. The molecule has 0 aromatic heterocycles. The van der Waals surface area contributed by atoms with Crippen LogP contribution in [0.4, 0.5) is 0 Å². The number of unbranched alkanes of at least 4 members (excludes halogenated alkanes) is 4. The van der Waals surface area contributed by atoms with Crippen LogP contribution >= 0.6 is 0 Å². The van der Waals surface area contributed by atoms with Gasteiger partial charge in [-0.25, -0.2) is 0 Å². The van der Waals surface area contributed by atoms with Crippen LogP contribution in [-0.2, 0) is 14.3 Å². The molecule has 0 rings (SSSR count). The highest BCUT2D eigenvalue weighted by Gasteiger charge is 2.11. The smallest absolute Gasteiger partial charge is 0.306 e. The first kappa shape index (κ1) is 38.9. The van der Waals surface area contributed by atoms with Crippen molar-refractivity contribution in [2.45, 2.75) is 129 Å². The molecule has 0 aliphatic carbocycles. The van der Waals surface area contributed by atoms with Gasteiger partial charge in [0.1, 0.15) is 6.10 Å². The lowest BCUT2D eigenvalue weighted by Gasteiger charge is -2.14. The second kappa shape index (κ2) is 32.4. The monoisotopic (exact) mass is 578 g/mol. The summed E-state index contributed by atoms with van der Waals surface area (Å²) in [4.78, 5) is 23.1. The molecule has 0 radical (unpaired) electrons. The summed E-state index contributed by atoms with van der Waals surface area (Å²) in [6, 6.07) is 0. The summed E-state index contributed by atoms with van der Waals surface area (Å²) in [5, 5.41) is 8.77. The first-order chi connectivity index (χ1) is 20.6. The van der Waals surface area contributed by atoms with Gasteiger partial charge in [-0.3, -0.25) is 9.59 Å². The normalized spacial score (nSPS) is 13.6. The lowest BCUT2D eigenvalue weighted by atomic mass is 10.1. The van der Waals surface area contributed by atoms with Gasteiger partial charge < -0.3 is 9.84 Å². The van der Waals surface area contributed by atoms with E-state index in [2.05, 4.69) is 98.9 Å². The Kier molecular flexibility index (Phi) is 30.0. The van der Waals surface area contributed by atoms with Gasteiger partial charge in [-0.05, 0) is 83.1 Å². The number of ether oxygens (including phenoxy) is 1. The van der Waals surface area contributed by atoms with E-state index in [1.165, 1.54) is 0 Å². The average Bonchev–Trinajstić information content (AvgIpc) is 2.97. The van der Waals surface area contributed by atoms with E-state index in [0.717, 1.165) is 83.5 Å². The largest absolute Gasteiger partial charge is 0.481 e. The van der Waals surface area contributed by atoms with Gasteiger partial charge in [-0.15, -0.1) is 0 Å². The molecule has 4 heteroatoms. The highest BCUT2D eigenvalue weighted by atomic mass is 16.5. The molecule has 234 valence electrons. The van der Waals surface area contributed by atoms with Gasteiger partial charge in [0, 0.05) is 12.8 Å². The molecule has 0 fully saturated rings. The van der Waals surface area contributed by atoms with Gasteiger partial charge in [0.2, 0.25) is 0 Å². The van der Waals surface area contributed by atoms with Gasteiger partial charge in [0.05, 0.1) is 0 Å². The molecule has 0 aliphatic rings. The molecule has 42 heavy (non-hydrogen) atoms. The number of hydrogen-bond donors (Lipinski definition) is 1. The quantitative estimate of drug-likeness (QED) is 0.0598. The molecular formula is C38H58O4. The molecule has 0 saturated heterocycles. The Morgan fingerprint density at radius 3 is 1.57 bits per heavy atom. The predicted octanol–water partition coefficient (Wildman–Crippen LogP) is 11.1. The van der Waals surface area contributed by atoms with Gasteiger partial charge in [0.25, 0.3) is 0 Å². The number of allylic oxidation sites excluding steroid dienone is 15. The summed E-state index contributed by atoms with van der Waals surface area (Å²) in [5.74, 6) is -0.913. The van der Waals surface area contributed by atoms with E-state index in [0.29, 0.717) is 19.3 Å². The van der Waals surface area contributed by atoms with Crippen molar-refractivity contribution in [3.8, 4) is 0 Å². The van der Waals surface area contributed by atoms with Crippen molar-refractivity contribution in [3.05, 3.63) is 97.2 Å². The third-order valence-corrected chi connectivity index (χ3v) is 6.27. The number of carboxylic acids is 1. The third-order valence-electron chi connectivity index (χ3n) is 6.27. The molecule has 0 aromatic rings. The number of carbonyl (C=O) groups is 2. The van der Waals surface area contributed by atoms with Crippen LogP contribution < -0.4 is 0 Å². The second-order valence-electron chi connectivity index (χ2n) is 10.3. The van der Waals surface area contributed by atoms with Gasteiger partial charge in [-0.2, -0.15) is 0 Å². The zero-order valence-electron chi connectivity index (χ0n) is 26.5. The fraction of sp³-hybridized carbons (Fsp3) is 0.526. The Bertz CT molecular complexity index is 883. The number of hydrogen-bond acceptors (Lipinski definition) is 3. The van der Waals surface area contributed by atoms with Crippen molar-refractivity contribution in [3.63, 3.8) is 0 Å². The minimum Gasteiger partial charge on any atom is -0.481 e. The van der Waals surface area contributed by atoms with Crippen molar-refractivity contribution in [2.75, 3.05) is 0 Å². The molecule has 0 aromatic carbocycles. The number of aliphatic carboxylic acids is 1. The minimum absolute atomic E-state index is 0.170. The van der Waals surface area contributed by atoms with Crippen LogP contribution in [0.2, 0.25) is 0 Å². The molecular weight excluding hydrogens is 520 g/mol. The van der Waals surface area contributed by atoms with E-state index in [-0.39, 0.29) is 18.5 Å². The predicted molar refractivity (Wildman–Crippen MR) is 180 cm³/mol. The summed E-state index contributed by atoms with van der Waals surface area (Å²) < 4.78 is 5.75. The Morgan fingerprint density at radius 2 is 1.05 bits per heavy atom. The molecule has 4 nitrogen and oxygen atoms in total. The van der Waals surface area contributed by atoms with Crippen molar-refractivity contribution >= 4 is 11.9 Å². The molecule has 0 amide bonds. The third kappa shape index (κ3) is 31.4. The maximum absolute atomic E-state index is 12.4. The Morgan fingerprint density at radius 1 is 0.571 bits per heavy atom. The second-order valence-corrected chi connectivity index (χ2v) is 10.3.